The lowest BCUT2D eigenvalue weighted by molar-refractivity contribution is -0.122. The molecule has 7 heteroatoms. The molecule has 0 saturated carbocycles. The van der Waals surface area contributed by atoms with Gasteiger partial charge in [0.05, 0.1) is 6.54 Å². The van der Waals surface area contributed by atoms with Crippen LogP contribution in [0.5, 0.6) is 0 Å². The number of hydrogen-bond donors (Lipinski definition) is 3. The van der Waals surface area contributed by atoms with E-state index in [-0.39, 0.29) is 17.9 Å². The quantitative estimate of drug-likeness (QED) is 0.403. The van der Waals surface area contributed by atoms with E-state index in [4.69, 9.17) is 5.84 Å². The van der Waals surface area contributed by atoms with E-state index < -0.39 is 0 Å². The maximum absolute atomic E-state index is 11.7. The highest BCUT2D eigenvalue weighted by Crippen LogP contribution is 2.20. The summed E-state index contributed by atoms with van der Waals surface area (Å²) < 4.78 is 0.805. The molecule has 0 radical (unpaired) electrons. The Morgan fingerprint density at radius 3 is 2.57 bits per heavy atom. The number of halogens is 1. The molecule has 0 saturated heterocycles. The van der Waals surface area contributed by atoms with Gasteiger partial charge in [-0.25, -0.2) is 5.84 Å². The molecule has 4 N–H and O–H groups in total. The number of carbonyl (C=O) groups is 2. The lowest BCUT2D eigenvalue weighted by Crippen LogP contribution is -2.38. The van der Waals surface area contributed by atoms with Gasteiger partial charge in [0.1, 0.15) is 0 Å². The first kappa shape index (κ1) is 17.6. The van der Waals surface area contributed by atoms with Crippen molar-refractivity contribution in [2.75, 3.05) is 13.6 Å². The zero-order valence-electron chi connectivity index (χ0n) is 12.4. The van der Waals surface area contributed by atoms with Crippen molar-refractivity contribution in [1.82, 2.24) is 15.6 Å². The minimum atomic E-state index is -0.341. The van der Waals surface area contributed by atoms with E-state index in [1.165, 1.54) is 0 Å². The van der Waals surface area contributed by atoms with Crippen LogP contribution >= 0.6 is 15.9 Å². The average Bonchev–Trinajstić information content (AvgIpc) is 2.38. The van der Waals surface area contributed by atoms with E-state index in [1.54, 1.807) is 12.1 Å². The number of likely N-dealkylation sites (N-methyl/N-ethyl adjacent to an activating group) is 1. The van der Waals surface area contributed by atoms with Crippen LogP contribution in [0.1, 0.15) is 29.8 Å². The molecule has 6 nitrogen and oxygen atoms in total. The van der Waals surface area contributed by atoms with Crippen molar-refractivity contribution in [2.45, 2.75) is 26.4 Å². The monoisotopic (exact) mass is 356 g/mol. The van der Waals surface area contributed by atoms with Crippen molar-refractivity contribution in [2.24, 2.45) is 5.84 Å². The molecule has 1 rings (SSSR count). The molecular weight excluding hydrogens is 336 g/mol. The van der Waals surface area contributed by atoms with Gasteiger partial charge in [-0.05, 0) is 38.6 Å². The van der Waals surface area contributed by atoms with Crippen LogP contribution in [0.25, 0.3) is 0 Å². The number of hydrogen-bond acceptors (Lipinski definition) is 4. The zero-order chi connectivity index (χ0) is 16.0. The lowest BCUT2D eigenvalue weighted by Gasteiger charge is -2.18. The average molecular weight is 357 g/mol. The van der Waals surface area contributed by atoms with Gasteiger partial charge in [-0.2, -0.15) is 0 Å². The summed E-state index contributed by atoms with van der Waals surface area (Å²) in [5.74, 6) is 4.75. The number of nitrogens with two attached hydrogens (primary N) is 1. The largest absolute Gasteiger partial charge is 0.353 e. The molecule has 0 spiro atoms. The number of benzene rings is 1. The van der Waals surface area contributed by atoms with Crippen LogP contribution in [0.3, 0.4) is 0 Å². The standard InChI is InChI=1S/C14H21BrN4O2/c1-9(2)17-13(20)8-19(3)7-11-5-4-10(6-12(11)15)14(21)18-16/h4-6,9H,7-8,16H2,1-3H3,(H,17,20)(H,18,21). The Morgan fingerprint density at radius 1 is 1.38 bits per heavy atom. The summed E-state index contributed by atoms with van der Waals surface area (Å²) in [7, 11) is 1.87. The van der Waals surface area contributed by atoms with E-state index in [0.29, 0.717) is 18.7 Å². The Labute approximate surface area is 133 Å². The van der Waals surface area contributed by atoms with Crippen LogP contribution < -0.4 is 16.6 Å². The summed E-state index contributed by atoms with van der Waals surface area (Å²) in [5, 5.41) is 2.85. The van der Waals surface area contributed by atoms with Gasteiger partial charge >= 0.3 is 0 Å². The lowest BCUT2D eigenvalue weighted by atomic mass is 10.1. The first-order chi connectivity index (χ1) is 9.83. The van der Waals surface area contributed by atoms with Crippen molar-refractivity contribution in [3.8, 4) is 0 Å². The highest BCUT2D eigenvalue weighted by Gasteiger charge is 2.11. The molecule has 0 heterocycles. The molecule has 1 aromatic carbocycles. The van der Waals surface area contributed by atoms with E-state index >= 15 is 0 Å². The Kier molecular flexibility index (Phi) is 6.80. The third-order valence-electron chi connectivity index (χ3n) is 2.75. The first-order valence-electron chi connectivity index (χ1n) is 6.60. The third-order valence-corrected chi connectivity index (χ3v) is 3.49. The molecule has 0 aliphatic rings. The fraction of sp³-hybridized carbons (Fsp3) is 0.429. The summed E-state index contributed by atoms with van der Waals surface area (Å²) in [4.78, 5) is 25.0. The van der Waals surface area contributed by atoms with E-state index in [0.717, 1.165) is 10.0 Å². The summed E-state index contributed by atoms with van der Waals surface area (Å²) >= 11 is 3.43. The summed E-state index contributed by atoms with van der Waals surface area (Å²) in [6, 6.07) is 5.38. The van der Waals surface area contributed by atoms with Gasteiger partial charge < -0.3 is 5.32 Å². The van der Waals surface area contributed by atoms with Crippen LogP contribution in [0.2, 0.25) is 0 Å². The minimum Gasteiger partial charge on any atom is -0.353 e. The van der Waals surface area contributed by atoms with E-state index in [1.807, 2.05) is 31.9 Å². The van der Waals surface area contributed by atoms with Gasteiger partial charge in [-0.1, -0.05) is 22.0 Å². The molecule has 0 fully saturated rings. The van der Waals surface area contributed by atoms with E-state index in [9.17, 15) is 9.59 Å². The van der Waals surface area contributed by atoms with E-state index in [2.05, 4.69) is 26.7 Å². The second-order valence-electron chi connectivity index (χ2n) is 5.17. The normalized spacial score (nSPS) is 10.8. The Morgan fingerprint density at radius 2 is 2.05 bits per heavy atom. The van der Waals surface area contributed by atoms with Crippen molar-refractivity contribution in [3.63, 3.8) is 0 Å². The van der Waals surface area contributed by atoms with Crippen LogP contribution in [0.15, 0.2) is 22.7 Å². The molecule has 21 heavy (non-hydrogen) atoms. The van der Waals surface area contributed by atoms with Gasteiger partial charge in [0.25, 0.3) is 5.91 Å². The maximum Gasteiger partial charge on any atom is 0.265 e. The highest BCUT2D eigenvalue weighted by molar-refractivity contribution is 9.10. The fourth-order valence-corrected chi connectivity index (χ4v) is 2.36. The number of hydrazine groups is 1. The van der Waals surface area contributed by atoms with Gasteiger partial charge in [0.15, 0.2) is 0 Å². The summed E-state index contributed by atoms with van der Waals surface area (Å²) in [6.45, 7) is 4.76. The predicted octanol–water partition coefficient (Wildman–Crippen LogP) is 1.01. The molecule has 0 bridgehead atoms. The molecule has 0 aliphatic carbocycles. The second-order valence-corrected chi connectivity index (χ2v) is 6.03. The predicted molar refractivity (Wildman–Crippen MR) is 85.4 cm³/mol. The molecule has 0 unspecified atom stereocenters. The molecule has 2 amide bonds. The summed E-state index contributed by atoms with van der Waals surface area (Å²) in [5.41, 5.74) is 3.56. The van der Waals surface area contributed by atoms with Gasteiger partial charge in [-0.3, -0.25) is 19.9 Å². The second kappa shape index (κ2) is 8.11. The number of amides is 2. The number of carbonyl (C=O) groups excluding carboxylic acids is 2. The number of nitrogens with one attached hydrogen (secondary N) is 2. The van der Waals surface area contributed by atoms with Crippen LogP contribution in [-0.2, 0) is 11.3 Å². The topological polar surface area (TPSA) is 87.5 Å². The molecule has 0 aliphatic heterocycles. The zero-order valence-corrected chi connectivity index (χ0v) is 14.0. The molecular formula is C14H21BrN4O2. The number of nitrogen functional groups attached to an aromatic ring is 1. The molecule has 0 aromatic heterocycles. The van der Waals surface area contributed by atoms with Gasteiger partial charge in [0, 0.05) is 22.6 Å². The number of nitrogens with zero attached hydrogens (tertiary/aromatic N) is 1. The van der Waals surface area contributed by atoms with Crippen LogP contribution in [0.4, 0.5) is 0 Å². The molecule has 0 atom stereocenters. The highest BCUT2D eigenvalue weighted by atomic mass is 79.9. The Balaban J connectivity index is 2.66. The van der Waals surface area contributed by atoms with Crippen molar-refractivity contribution >= 4 is 27.7 Å². The fourth-order valence-electron chi connectivity index (χ4n) is 1.86. The number of rotatable bonds is 6. The molecule has 1 aromatic rings. The van der Waals surface area contributed by atoms with Crippen LogP contribution in [0, 0.1) is 0 Å². The third kappa shape index (κ3) is 5.82. The van der Waals surface area contributed by atoms with Gasteiger partial charge in [0.2, 0.25) is 5.91 Å². The SMILES string of the molecule is CC(C)NC(=O)CN(C)Cc1ccc(C(=O)NN)cc1Br. The molecule has 116 valence electrons. The van der Waals surface area contributed by atoms with Crippen molar-refractivity contribution < 1.29 is 9.59 Å². The first-order valence-corrected chi connectivity index (χ1v) is 7.40. The maximum atomic E-state index is 11.7. The summed E-state index contributed by atoms with van der Waals surface area (Å²) in [6.07, 6.45) is 0. The Hall–Kier alpha value is -1.44. The Bertz CT molecular complexity index is 520. The smallest absolute Gasteiger partial charge is 0.265 e. The van der Waals surface area contributed by atoms with Gasteiger partial charge in [-0.15, -0.1) is 0 Å². The van der Waals surface area contributed by atoms with Crippen LogP contribution in [-0.4, -0.2) is 36.3 Å². The van der Waals surface area contributed by atoms with Crippen molar-refractivity contribution in [1.29, 1.82) is 0 Å². The minimum absolute atomic E-state index is 0.0113. The van der Waals surface area contributed by atoms with Crippen molar-refractivity contribution in [3.05, 3.63) is 33.8 Å².